The lowest BCUT2D eigenvalue weighted by atomic mass is 10.1. The van der Waals surface area contributed by atoms with Crippen LogP contribution in [-0.2, 0) is 9.59 Å². The number of benzene rings is 2. The van der Waals surface area contributed by atoms with Gasteiger partial charge in [0.1, 0.15) is 12.3 Å². The van der Waals surface area contributed by atoms with Crippen LogP contribution in [0.2, 0.25) is 5.02 Å². The molecule has 0 bridgehead atoms. The van der Waals surface area contributed by atoms with E-state index < -0.39 is 0 Å². The quantitative estimate of drug-likeness (QED) is 0.912. The number of amides is 2. The highest BCUT2D eigenvalue weighted by molar-refractivity contribution is 6.30. The number of hydrogen-bond acceptors (Lipinski definition) is 3. The van der Waals surface area contributed by atoms with E-state index in [9.17, 15) is 9.59 Å². The second-order valence-corrected chi connectivity index (χ2v) is 6.33. The molecule has 6 heteroatoms. The minimum atomic E-state index is -0.238. The van der Waals surface area contributed by atoms with Crippen molar-refractivity contribution in [3.05, 3.63) is 59.1 Å². The Bertz CT molecular complexity index is 794. The van der Waals surface area contributed by atoms with Gasteiger partial charge < -0.3 is 10.1 Å². The number of anilines is 1. The smallest absolute Gasteiger partial charge is 0.240 e. The first kappa shape index (κ1) is 17.3. The first-order valence-corrected chi connectivity index (χ1v) is 8.49. The van der Waals surface area contributed by atoms with Gasteiger partial charge in [-0.05, 0) is 36.8 Å². The summed E-state index contributed by atoms with van der Waals surface area (Å²) in [5, 5.41) is 3.53. The van der Waals surface area contributed by atoms with Crippen LogP contribution in [0.4, 0.5) is 5.69 Å². The van der Waals surface area contributed by atoms with Gasteiger partial charge >= 0.3 is 0 Å². The molecular formula is C19H19ClN2O3. The molecule has 0 saturated carbocycles. The van der Waals surface area contributed by atoms with Gasteiger partial charge in [-0.25, -0.2) is 0 Å². The minimum absolute atomic E-state index is 0.0515. The predicted molar refractivity (Wildman–Crippen MR) is 96.9 cm³/mol. The standard InChI is InChI=1S/C19H19ClN2O3/c1-13(14-5-4-6-15(20)11-14)21-18(23)12-22-16-7-2-3-8-17(16)25-10-9-19(22)24/h2-8,11,13H,9-10,12H2,1H3,(H,21,23). The van der Waals surface area contributed by atoms with Crippen LogP contribution in [0.5, 0.6) is 5.75 Å². The molecule has 0 aromatic heterocycles. The molecule has 0 radical (unpaired) electrons. The van der Waals surface area contributed by atoms with E-state index in [1.807, 2.05) is 37.3 Å². The summed E-state index contributed by atoms with van der Waals surface area (Å²) in [7, 11) is 0. The maximum Gasteiger partial charge on any atom is 0.240 e. The van der Waals surface area contributed by atoms with Crippen LogP contribution >= 0.6 is 11.6 Å². The van der Waals surface area contributed by atoms with E-state index in [1.54, 1.807) is 18.2 Å². The maximum absolute atomic E-state index is 12.5. The molecule has 2 amide bonds. The largest absolute Gasteiger partial charge is 0.491 e. The van der Waals surface area contributed by atoms with E-state index in [0.29, 0.717) is 23.1 Å². The van der Waals surface area contributed by atoms with Crippen LogP contribution in [0.3, 0.4) is 0 Å². The highest BCUT2D eigenvalue weighted by Gasteiger charge is 2.25. The normalized spacial score (nSPS) is 15.0. The number of halogens is 1. The first-order chi connectivity index (χ1) is 12.0. The van der Waals surface area contributed by atoms with Gasteiger partial charge in [-0.2, -0.15) is 0 Å². The zero-order valence-corrected chi connectivity index (χ0v) is 14.6. The second kappa shape index (κ2) is 7.57. The topological polar surface area (TPSA) is 58.6 Å². The number of hydrogen-bond donors (Lipinski definition) is 1. The molecule has 1 aliphatic rings. The molecule has 2 aromatic rings. The molecule has 1 atom stereocenters. The Kier molecular flexibility index (Phi) is 5.24. The van der Waals surface area contributed by atoms with E-state index in [0.717, 1.165) is 5.56 Å². The van der Waals surface area contributed by atoms with Crippen molar-refractivity contribution in [2.24, 2.45) is 0 Å². The molecule has 1 aliphatic heterocycles. The van der Waals surface area contributed by atoms with Gasteiger partial charge in [-0.15, -0.1) is 0 Å². The predicted octanol–water partition coefficient (Wildman–Crippen LogP) is 3.33. The summed E-state index contributed by atoms with van der Waals surface area (Å²) in [6.45, 7) is 2.14. The Hall–Kier alpha value is -2.53. The summed E-state index contributed by atoms with van der Waals surface area (Å²) in [5.74, 6) is 0.247. The van der Waals surface area contributed by atoms with Crippen molar-refractivity contribution in [3.8, 4) is 5.75 Å². The number of para-hydroxylation sites is 2. The second-order valence-electron chi connectivity index (χ2n) is 5.89. The lowest BCUT2D eigenvalue weighted by Gasteiger charge is -2.23. The van der Waals surface area contributed by atoms with Gasteiger partial charge in [0.25, 0.3) is 0 Å². The molecule has 0 fully saturated rings. The van der Waals surface area contributed by atoms with Crippen LogP contribution < -0.4 is 15.0 Å². The van der Waals surface area contributed by atoms with Gasteiger partial charge in [0.15, 0.2) is 0 Å². The van der Waals surface area contributed by atoms with Crippen molar-refractivity contribution < 1.29 is 14.3 Å². The summed E-state index contributed by atoms with van der Waals surface area (Å²) in [6.07, 6.45) is 0.242. The zero-order valence-electron chi connectivity index (χ0n) is 13.9. The molecule has 0 saturated heterocycles. The van der Waals surface area contributed by atoms with E-state index in [-0.39, 0.29) is 30.8 Å². The lowest BCUT2D eigenvalue weighted by molar-refractivity contribution is -0.124. The molecule has 1 unspecified atom stereocenters. The van der Waals surface area contributed by atoms with E-state index in [4.69, 9.17) is 16.3 Å². The fourth-order valence-corrected chi connectivity index (χ4v) is 2.98. The van der Waals surface area contributed by atoms with E-state index >= 15 is 0 Å². The molecule has 0 aliphatic carbocycles. The highest BCUT2D eigenvalue weighted by Crippen LogP contribution is 2.30. The fourth-order valence-electron chi connectivity index (χ4n) is 2.78. The van der Waals surface area contributed by atoms with Gasteiger partial charge in [0.05, 0.1) is 24.8 Å². The van der Waals surface area contributed by atoms with Gasteiger partial charge in [-0.3, -0.25) is 14.5 Å². The van der Waals surface area contributed by atoms with Crippen LogP contribution in [0.1, 0.15) is 24.9 Å². The Balaban J connectivity index is 1.72. The lowest BCUT2D eigenvalue weighted by Crippen LogP contribution is -2.41. The summed E-state index contributed by atoms with van der Waals surface area (Å²) < 4.78 is 5.59. The molecule has 2 aromatic carbocycles. The third kappa shape index (κ3) is 4.12. The molecular weight excluding hydrogens is 340 g/mol. The number of nitrogens with one attached hydrogen (secondary N) is 1. The highest BCUT2D eigenvalue weighted by atomic mass is 35.5. The van der Waals surface area contributed by atoms with E-state index in [1.165, 1.54) is 4.90 Å². The Labute approximate surface area is 151 Å². The number of rotatable bonds is 4. The summed E-state index contributed by atoms with van der Waals surface area (Å²) in [5.41, 5.74) is 1.53. The average molecular weight is 359 g/mol. The van der Waals surface area contributed by atoms with Crippen molar-refractivity contribution in [1.29, 1.82) is 0 Å². The number of nitrogens with zero attached hydrogens (tertiary/aromatic N) is 1. The molecule has 0 spiro atoms. The number of carbonyl (C=O) groups is 2. The van der Waals surface area contributed by atoms with Gasteiger partial charge in [-0.1, -0.05) is 35.9 Å². The number of fused-ring (bicyclic) bond motifs is 1. The number of ether oxygens (including phenoxy) is 1. The average Bonchev–Trinajstić information content (AvgIpc) is 2.74. The van der Waals surface area contributed by atoms with Gasteiger partial charge in [0, 0.05) is 5.02 Å². The molecule has 5 nitrogen and oxygen atoms in total. The maximum atomic E-state index is 12.5. The van der Waals surface area contributed by atoms with Crippen molar-refractivity contribution >= 4 is 29.1 Å². The molecule has 1 N–H and O–H groups in total. The zero-order chi connectivity index (χ0) is 17.8. The first-order valence-electron chi connectivity index (χ1n) is 8.11. The van der Waals surface area contributed by atoms with Gasteiger partial charge in [0.2, 0.25) is 11.8 Å². The molecule has 1 heterocycles. The van der Waals surface area contributed by atoms with Crippen LogP contribution in [0, 0.1) is 0 Å². The molecule has 25 heavy (non-hydrogen) atoms. The monoisotopic (exact) mass is 358 g/mol. The minimum Gasteiger partial charge on any atom is -0.491 e. The van der Waals surface area contributed by atoms with Crippen molar-refractivity contribution in [2.75, 3.05) is 18.1 Å². The van der Waals surface area contributed by atoms with E-state index in [2.05, 4.69) is 5.32 Å². The summed E-state index contributed by atoms with van der Waals surface area (Å²) in [6, 6.07) is 14.4. The Morgan fingerprint density at radius 1 is 1.28 bits per heavy atom. The van der Waals surface area contributed by atoms with Crippen LogP contribution in [0.15, 0.2) is 48.5 Å². The van der Waals surface area contributed by atoms with Crippen LogP contribution in [0.25, 0.3) is 0 Å². The van der Waals surface area contributed by atoms with Crippen molar-refractivity contribution in [3.63, 3.8) is 0 Å². The summed E-state index contributed by atoms with van der Waals surface area (Å²) >= 11 is 6.00. The Morgan fingerprint density at radius 2 is 2.08 bits per heavy atom. The molecule has 3 rings (SSSR count). The van der Waals surface area contributed by atoms with Crippen molar-refractivity contribution in [2.45, 2.75) is 19.4 Å². The summed E-state index contributed by atoms with van der Waals surface area (Å²) in [4.78, 5) is 26.3. The SMILES string of the molecule is CC(NC(=O)CN1C(=O)CCOc2ccccc21)c1cccc(Cl)c1. The van der Waals surface area contributed by atoms with Crippen molar-refractivity contribution in [1.82, 2.24) is 5.32 Å². The van der Waals surface area contributed by atoms with Crippen LogP contribution in [-0.4, -0.2) is 25.0 Å². The fraction of sp³-hybridized carbons (Fsp3) is 0.263. The molecule has 130 valence electrons. The third-order valence-corrected chi connectivity index (χ3v) is 4.29. The Morgan fingerprint density at radius 3 is 2.88 bits per heavy atom. The third-order valence-electron chi connectivity index (χ3n) is 4.06. The number of carbonyl (C=O) groups excluding carboxylic acids is 2.